The molecular weight excluding hydrogens is 588 g/mol. The number of carboxylic acid groups (broad SMARTS) is 1. The number of benzene rings is 3. The van der Waals surface area contributed by atoms with Gasteiger partial charge in [-0.05, 0) is 48.5 Å². The number of halogens is 7. The fourth-order valence-corrected chi connectivity index (χ4v) is 3.46. The molecule has 0 aliphatic heterocycles. The fraction of sp³-hybridized carbons (Fsp3) is 0.154. The molecular formula is C26H16ClF6NO7. The van der Waals surface area contributed by atoms with Crippen LogP contribution in [0.2, 0.25) is 5.02 Å². The highest BCUT2D eigenvalue weighted by molar-refractivity contribution is 6.33. The number of anilines is 1. The van der Waals surface area contributed by atoms with Crippen LogP contribution < -0.4 is 5.32 Å². The Balaban J connectivity index is 1.98. The summed E-state index contributed by atoms with van der Waals surface area (Å²) in [6.45, 7) is 0. The molecule has 2 N–H and O–H groups in total. The van der Waals surface area contributed by atoms with Crippen molar-refractivity contribution in [3.8, 4) is 0 Å². The summed E-state index contributed by atoms with van der Waals surface area (Å²) in [4.78, 5) is 50.5. The van der Waals surface area contributed by atoms with Gasteiger partial charge in [0.1, 0.15) is 0 Å². The molecule has 15 heteroatoms. The first kappa shape index (κ1) is 30.9. The molecule has 0 bridgehead atoms. The van der Waals surface area contributed by atoms with Crippen LogP contribution in [0.5, 0.6) is 0 Å². The summed E-state index contributed by atoms with van der Waals surface area (Å²) >= 11 is 5.97. The first-order valence-electron chi connectivity index (χ1n) is 11.1. The minimum atomic E-state index is -4.87. The smallest absolute Gasteiger partial charge is 0.416 e. The number of carbonyl (C=O) groups is 4. The van der Waals surface area contributed by atoms with Gasteiger partial charge in [-0.3, -0.25) is 4.79 Å². The molecule has 0 unspecified atom stereocenters. The molecule has 216 valence electrons. The lowest BCUT2D eigenvalue weighted by Gasteiger charge is -2.24. The van der Waals surface area contributed by atoms with Gasteiger partial charge in [-0.2, -0.15) is 26.3 Å². The average molecular weight is 604 g/mol. The van der Waals surface area contributed by atoms with E-state index in [9.17, 15) is 50.6 Å². The molecule has 0 aliphatic carbocycles. The average Bonchev–Trinajstić information content (AvgIpc) is 2.90. The lowest BCUT2D eigenvalue weighted by molar-refractivity contribution is -0.157. The molecule has 0 saturated carbocycles. The number of hydrogen-bond acceptors (Lipinski definition) is 6. The second-order valence-electron chi connectivity index (χ2n) is 8.12. The van der Waals surface area contributed by atoms with Gasteiger partial charge in [-0.25, -0.2) is 14.4 Å². The summed E-state index contributed by atoms with van der Waals surface area (Å²) in [5, 5.41) is 11.8. The van der Waals surface area contributed by atoms with Crippen LogP contribution in [0.1, 0.15) is 31.8 Å². The van der Waals surface area contributed by atoms with Crippen LogP contribution >= 0.6 is 11.6 Å². The topological polar surface area (TPSA) is 119 Å². The monoisotopic (exact) mass is 603 g/mol. The Morgan fingerprint density at radius 2 is 1.17 bits per heavy atom. The minimum absolute atomic E-state index is 0.0587. The van der Waals surface area contributed by atoms with Gasteiger partial charge in [0.15, 0.2) is 0 Å². The van der Waals surface area contributed by atoms with Crippen molar-refractivity contribution >= 4 is 41.1 Å². The maximum atomic E-state index is 13.1. The molecule has 0 fully saturated rings. The first-order chi connectivity index (χ1) is 19.1. The Labute approximate surface area is 231 Å². The van der Waals surface area contributed by atoms with Crippen LogP contribution in [-0.4, -0.2) is 41.1 Å². The zero-order chi connectivity index (χ0) is 30.5. The van der Waals surface area contributed by atoms with E-state index in [1.807, 2.05) is 0 Å². The number of carbonyl (C=O) groups excluding carboxylic acids is 3. The van der Waals surface area contributed by atoms with E-state index in [1.54, 1.807) is 0 Å². The predicted octanol–water partition coefficient (Wildman–Crippen LogP) is 5.85. The quantitative estimate of drug-likeness (QED) is 0.245. The highest BCUT2D eigenvalue weighted by Gasteiger charge is 2.42. The summed E-state index contributed by atoms with van der Waals surface area (Å²) in [6, 6.07) is 10.9. The summed E-state index contributed by atoms with van der Waals surface area (Å²) < 4.78 is 88.2. The lowest BCUT2D eigenvalue weighted by Crippen LogP contribution is -2.48. The van der Waals surface area contributed by atoms with Crippen LogP contribution in [0.15, 0.2) is 72.8 Å². The summed E-state index contributed by atoms with van der Waals surface area (Å²) in [7, 11) is 0. The number of esters is 2. The second-order valence-corrected chi connectivity index (χ2v) is 8.52. The molecule has 41 heavy (non-hydrogen) atoms. The van der Waals surface area contributed by atoms with Gasteiger partial charge in [0.05, 0.1) is 33.0 Å². The maximum Gasteiger partial charge on any atom is 0.416 e. The largest absolute Gasteiger partial charge is 0.478 e. The number of amides is 1. The molecule has 1 amide bonds. The Bertz CT molecular complexity index is 1470. The number of para-hydroxylation sites is 1. The molecule has 0 saturated heterocycles. The summed E-state index contributed by atoms with van der Waals surface area (Å²) in [5.74, 6) is -6.78. The van der Waals surface area contributed by atoms with Crippen molar-refractivity contribution in [2.24, 2.45) is 0 Å². The van der Waals surface area contributed by atoms with Gasteiger partial charge < -0.3 is 19.9 Å². The number of carboxylic acids is 1. The molecule has 3 aromatic carbocycles. The van der Waals surface area contributed by atoms with E-state index in [0.717, 1.165) is 24.3 Å². The molecule has 3 rings (SSSR count). The van der Waals surface area contributed by atoms with Gasteiger partial charge in [0, 0.05) is 0 Å². The molecule has 0 aromatic heterocycles. The second kappa shape index (κ2) is 12.3. The molecule has 3 aromatic rings. The number of alkyl halides is 6. The van der Waals surface area contributed by atoms with E-state index in [2.05, 4.69) is 5.32 Å². The van der Waals surface area contributed by atoms with E-state index in [1.165, 1.54) is 24.3 Å². The van der Waals surface area contributed by atoms with Gasteiger partial charge in [0.25, 0.3) is 5.91 Å². The van der Waals surface area contributed by atoms with Crippen LogP contribution in [0, 0.1) is 0 Å². The number of nitrogens with one attached hydrogen (secondary N) is 1. The van der Waals surface area contributed by atoms with Crippen molar-refractivity contribution in [2.45, 2.75) is 24.6 Å². The third kappa shape index (κ3) is 7.97. The van der Waals surface area contributed by atoms with Crippen LogP contribution in [-0.2, 0) is 31.4 Å². The Hall–Kier alpha value is -4.59. The highest BCUT2D eigenvalue weighted by Crippen LogP contribution is 2.31. The van der Waals surface area contributed by atoms with E-state index < -0.39 is 70.6 Å². The normalized spacial score (nSPS) is 13.0. The molecule has 0 heterocycles. The van der Waals surface area contributed by atoms with Crippen LogP contribution in [0.3, 0.4) is 0 Å². The van der Waals surface area contributed by atoms with Crippen LogP contribution in [0.25, 0.3) is 0 Å². The third-order valence-electron chi connectivity index (χ3n) is 5.23. The Morgan fingerprint density at radius 3 is 1.61 bits per heavy atom. The van der Waals surface area contributed by atoms with Gasteiger partial charge in [-0.1, -0.05) is 35.9 Å². The summed E-state index contributed by atoms with van der Waals surface area (Å²) in [6.07, 6.45) is -15.0. The van der Waals surface area contributed by atoms with Gasteiger partial charge >= 0.3 is 30.3 Å². The Kier molecular flexibility index (Phi) is 9.28. The molecule has 0 spiro atoms. The van der Waals surface area contributed by atoms with Gasteiger partial charge in [0.2, 0.25) is 12.2 Å². The molecule has 0 radical (unpaired) electrons. The Morgan fingerprint density at radius 1 is 0.707 bits per heavy atom. The van der Waals surface area contributed by atoms with Crippen LogP contribution in [0.4, 0.5) is 32.0 Å². The van der Waals surface area contributed by atoms with E-state index >= 15 is 0 Å². The fourth-order valence-electron chi connectivity index (χ4n) is 3.27. The third-order valence-corrected chi connectivity index (χ3v) is 5.56. The minimum Gasteiger partial charge on any atom is -0.478 e. The predicted molar refractivity (Wildman–Crippen MR) is 129 cm³/mol. The van der Waals surface area contributed by atoms with Crippen molar-refractivity contribution in [3.05, 3.63) is 100 Å². The zero-order valence-corrected chi connectivity index (χ0v) is 20.9. The van der Waals surface area contributed by atoms with Crippen molar-refractivity contribution < 1.29 is 60.1 Å². The van der Waals surface area contributed by atoms with Crippen molar-refractivity contribution in [1.29, 1.82) is 0 Å². The SMILES string of the molecule is O=C(O[C@H](C(=O)O)[C@@H](OC(=O)c1cccc(C(F)(F)F)c1)C(=O)Nc1ccccc1Cl)c1cccc(C(F)(F)F)c1. The standard InChI is InChI=1S/C26H16ClF6NO7/c27-17-9-1-2-10-18(17)34-21(35)19(40-23(38)13-5-3-7-15(11-13)25(28,29)30)20(22(36)37)41-24(39)14-6-4-8-16(12-14)26(31,32)33/h1-12,19-20H,(H,34,35)(H,36,37)/t19-,20+/m1/s1. The zero-order valence-electron chi connectivity index (χ0n) is 20.1. The number of aliphatic carboxylic acids is 1. The molecule has 0 aliphatic rings. The lowest BCUT2D eigenvalue weighted by atomic mass is 10.1. The number of hydrogen-bond donors (Lipinski definition) is 2. The van der Waals surface area contributed by atoms with Crippen molar-refractivity contribution in [1.82, 2.24) is 0 Å². The van der Waals surface area contributed by atoms with E-state index in [0.29, 0.717) is 24.3 Å². The molecule has 2 atom stereocenters. The van der Waals surface area contributed by atoms with Crippen molar-refractivity contribution in [2.75, 3.05) is 5.32 Å². The number of rotatable bonds is 8. The van der Waals surface area contributed by atoms with E-state index in [-0.39, 0.29) is 10.7 Å². The first-order valence-corrected chi connectivity index (χ1v) is 11.5. The maximum absolute atomic E-state index is 13.1. The molecule has 8 nitrogen and oxygen atoms in total. The number of ether oxygens (including phenoxy) is 2. The summed E-state index contributed by atoms with van der Waals surface area (Å²) in [5.41, 5.74) is -4.17. The van der Waals surface area contributed by atoms with E-state index in [4.69, 9.17) is 21.1 Å². The van der Waals surface area contributed by atoms with Gasteiger partial charge in [-0.15, -0.1) is 0 Å². The highest BCUT2D eigenvalue weighted by atomic mass is 35.5. The van der Waals surface area contributed by atoms with Crippen molar-refractivity contribution in [3.63, 3.8) is 0 Å².